The zero-order chi connectivity index (χ0) is 20.9. The van der Waals surface area contributed by atoms with Crippen molar-refractivity contribution in [1.82, 2.24) is 20.4 Å². The molecule has 2 saturated heterocycles. The minimum Gasteiger partial charge on any atom is -0.354 e. The fourth-order valence-corrected chi connectivity index (χ4v) is 4.31. The van der Waals surface area contributed by atoms with Gasteiger partial charge in [-0.2, -0.15) is 13.2 Å². The smallest absolute Gasteiger partial charge is 0.354 e. The standard InChI is InChI=1S/C21H32F3N5/c1-16-12-18(9-11-29(16)13-17-6-4-3-5-7-17)26-20(25-2)27-19-8-10-28(14-19)15-21(22,23)24/h3-7,16,18-19H,8-15H2,1-2H3,(H2,25,26,27). The van der Waals surface area contributed by atoms with E-state index in [0.717, 1.165) is 25.9 Å². The van der Waals surface area contributed by atoms with Crippen molar-refractivity contribution < 1.29 is 13.2 Å². The monoisotopic (exact) mass is 411 g/mol. The molecule has 2 N–H and O–H groups in total. The summed E-state index contributed by atoms with van der Waals surface area (Å²) in [4.78, 5) is 8.25. The normalized spacial score (nSPS) is 27.2. The summed E-state index contributed by atoms with van der Waals surface area (Å²) in [7, 11) is 1.71. The summed E-state index contributed by atoms with van der Waals surface area (Å²) in [6.07, 6.45) is -1.41. The summed E-state index contributed by atoms with van der Waals surface area (Å²) in [5, 5.41) is 6.79. The first-order valence-corrected chi connectivity index (χ1v) is 10.4. The molecular weight excluding hydrogens is 379 g/mol. The highest BCUT2D eigenvalue weighted by molar-refractivity contribution is 5.80. The van der Waals surface area contributed by atoms with Gasteiger partial charge in [0, 0.05) is 51.4 Å². The van der Waals surface area contributed by atoms with Gasteiger partial charge in [-0.25, -0.2) is 0 Å². The first-order chi connectivity index (χ1) is 13.8. The summed E-state index contributed by atoms with van der Waals surface area (Å²) in [5.74, 6) is 0.692. The summed E-state index contributed by atoms with van der Waals surface area (Å²) >= 11 is 0. The highest BCUT2D eigenvalue weighted by atomic mass is 19.4. The topological polar surface area (TPSA) is 42.9 Å². The molecule has 3 atom stereocenters. The lowest BCUT2D eigenvalue weighted by molar-refractivity contribution is -0.143. The molecule has 5 nitrogen and oxygen atoms in total. The van der Waals surface area contributed by atoms with E-state index >= 15 is 0 Å². The molecule has 29 heavy (non-hydrogen) atoms. The van der Waals surface area contributed by atoms with E-state index in [0.29, 0.717) is 37.6 Å². The lowest BCUT2D eigenvalue weighted by Crippen LogP contribution is -2.53. The van der Waals surface area contributed by atoms with Gasteiger partial charge >= 0.3 is 6.18 Å². The first-order valence-electron chi connectivity index (χ1n) is 10.4. The number of guanidine groups is 1. The molecule has 1 aromatic carbocycles. The van der Waals surface area contributed by atoms with E-state index in [1.807, 2.05) is 6.07 Å². The van der Waals surface area contributed by atoms with E-state index in [4.69, 9.17) is 0 Å². The van der Waals surface area contributed by atoms with E-state index in [1.165, 1.54) is 10.5 Å². The Balaban J connectivity index is 1.44. The molecule has 0 radical (unpaired) electrons. The highest BCUT2D eigenvalue weighted by Gasteiger charge is 2.34. The second-order valence-corrected chi connectivity index (χ2v) is 8.22. The molecule has 162 valence electrons. The van der Waals surface area contributed by atoms with Crippen molar-refractivity contribution in [2.75, 3.05) is 33.2 Å². The maximum absolute atomic E-state index is 12.6. The third kappa shape index (κ3) is 6.89. The van der Waals surface area contributed by atoms with Gasteiger partial charge < -0.3 is 10.6 Å². The zero-order valence-electron chi connectivity index (χ0n) is 17.3. The van der Waals surface area contributed by atoms with Crippen molar-refractivity contribution in [3.63, 3.8) is 0 Å². The molecule has 0 aliphatic carbocycles. The molecule has 2 fully saturated rings. The summed E-state index contributed by atoms with van der Waals surface area (Å²) in [6.45, 7) is 4.23. The van der Waals surface area contributed by atoms with E-state index in [-0.39, 0.29) is 6.04 Å². The van der Waals surface area contributed by atoms with Gasteiger partial charge in [0.05, 0.1) is 6.54 Å². The van der Waals surface area contributed by atoms with Gasteiger partial charge in [0.2, 0.25) is 0 Å². The number of nitrogens with one attached hydrogen (secondary N) is 2. The molecular formula is C21H32F3N5. The largest absolute Gasteiger partial charge is 0.401 e. The van der Waals surface area contributed by atoms with Crippen LogP contribution in [0, 0.1) is 0 Å². The van der Waals surface area contributed by atoms with E-state index in [2.05, 4.69) is 51.7 Å². The van der Waals surface area contributed by atoms with Gasteiger partial charge in [-0.1, -0.05) is 30.3 Å². The Morgan fingerprint density at radius 3 is 2.45 bits per heavy atom. The maximum atomic E-state index is 12.6. The number of aliphatic imine (C=N–C) groups is 1. The Hall–Kier alpha value is -1.80. The average molecular weight is 412 g/mol. The summed E-state index contributed by atoms with van der Waals surface area (Å²) in [6, 6.07) is 11.3. The van der Waals surface area contributed by atoms with Crippen LogP contribution >= 0.6 is 0 Å². The third-order valence-electron chi connectivity index (χ3n) is 5.82. The summed E-state index contributed by atoms with van der Waals surface area (Å²) in [5.41, 5.74) is 1.33. The van der Waals surface area contributed by atoms with Crippen LogP contribution in [-0.4, -0.2) is 73.3 Å². The Labute approximate surface area is 171 Å². The molecule has 0 aromatic heterocycles. The quantitative estimate of drug-likeness (QED) is 0.578. The van der Waals surface area contributed by atoms with E-state index in [1.54, 1.807) is 7.05 Å². The molecule has 2 aliphatic rings. The Morgan fingerprint density at radius 2 is 1.79 bits per heavy atom. The third-order valence-corrected chi connectivity index (χ3v) is 5.82. The van der Waals surface area contributed by atoms with Gasteiger partial charge in [0.15, 0.2) is 5.96 Å². The SMILES string of the molecule is CN=C(NC1CCN(Cc2ccccc2)C(C)C1)NC1CCN(CC(F)(F)F)C1. The van der Waals surface area contributed by atoms with Crippen LogP contribution in [0.25, 0.3) is 0 Å². The van der Waals surface area contributed by atoms with Crippen molar-refractivity contribution in [2.24, 2.45) is 4.99 Å². The molecule has 0 saturated carbocycles. The van der Waals surface area contributed by atoms with Crippen LogP contribution in [0.3, 0.4) is 0 Å². The van der Waals surface area contributed by atoms with Crippen molar-refractivity contribution in [3.8, 4) is 0 Å². The number of benzene rings is 1. The number of halogens is 3. The van der Waals surface area contributed by atoms with E-state index < -0.39 is 12.7 Å². The zero-order valence-corrected chi connectivity index (χ0v) is 17.3. The van der Waals surface area contributed by atoms with Crippen LogP contribution in [-0.2, 0) is 6.54 Å². The number of rotatable bonds is 5. The van der Waals surface area contributed by atoms with Crippen LogP contribution < -0.4 is 10.6 Å². The number of hydrogen-bond acceptors (Lipinski definition) is 3. The minimum absolute atomic E-state index is 0.000793. The Kier molecular flexibility index (Phi) is 7.40. The number of hydrogen-bond donors (Lipinski definition) is 2. The molecule has 0 bridgehead atoms. The molecule has 1 aromatic rings. The molecule has 2 aliphatic heterocycles. The highest BCUT2D eigenvalue weighted by Crippen LogP contribution is 2.21. The average Bonchev–Trinajstić information content (AvgIpc) is 3.09. The van der Waals surface area contributed by atoms with Gasteiger partial charge in [0.25, 0.3) is 0 Å². The van der Waals surface area contributed by atoms with Crippen molar-refractivity contribution in [3.05, 3.63) is 35.9 Å². The lowest BCUT2D eigenvalue weighted by atomic mass is 9.97. The van der Waals surface area contributed by atoms with Crippen LogP contribution in [0.4, 0.5) is 13.2 Å². The fraction of sp³-hybridized carbons (Fsp3) is 0.667. The summed E-state index contributed by atoms with van der Waals surface area (Å²) < 4.78 is 37.7. The van der Waals surface area contributed by atoms with Crippen molar-refractivity contribution in [1.29, 1.82) is 0 Å². The Bertz CT molecular complexity index is 664. The molecule has 0 amide bonds. The number of alkyl halides is 3. The second kappa shape index (κ2) is 9.80. The van der Waals surface area contributed by atoms with Crippen LogP contribution in [0.2, 0.25) is 0 Å². The van der Waals surface area contributed by atoms with Gasteiger partial charge in [-0.3, -0.25) is 14.8 Å². The molecule has 3 rings (SSSR count). The minimum atomic E-state index is -4.14. The van der Waals surface area contributed by atoms with Crippen LogP contribution in [0.1, 0.15) is 31.7 Å². The Morgan fingerprint density at radius 1 is 1.10 bits per heavy atom. The predicted molar refractivity (Wildman–Crippen MR) is 110 cm³/mol. The van der Waals surface area contributed by atoms with E-state index in [9.17, 15) is 13.2 Å². The molecule has 2 heterocycles. The van der Waals surface area contributed by atoms with Crippen molar-refractivity contribution >= 4 is 5.96 Å². The second-order valence-electron chi connectivity index (χ2n) is 8.22. The number of piperidine rings is 1. The maximum Gasteiger partial charge on any atom is 0.401 e. The number of nitrogens with zero attached hydrogens (tertiary/aromatic N) is 3. The lowest BCUT2D eigenvalue weighted by Gasteiger charge is -2.38. The fourth-order valence-electron chi connectivity index (χ4n) is 4.31. The van der Waals surface area contributed by atoms with Gasteiger partial charge in [-0.15, -0.1) is 0 Å². The van der Waals surface area contributed by atoms with Gasteiger partial charge in [0.1, 0.15) is 0 Å². The molecule has 3 unspecified atom stereocenters. The molecule has 8 heteroatoms. The van der Waals surface area contributed by atoms with Gasteiger partial charge in [-0.05, 0) is 31.7 Å². The molecule has 0 spiro atoms. The van der Waals surface area contributed by atoms with Crippen LogP contribution in [0.15, 0.2) is 35.3 Å². The number of likely N-dealkylation sites (tertiary alicyclic amines) is 2. The van der Waals surface area contributed by atoms with Crippen LogP contribution in [0.5, 0.6) is 0 Å². The predicted octanol–water partition coefficient (Wildman–Crippen LogP) is 2.84. The first kappa shape index (κ1) is 21.9. The van der Waals surface area contributed by atoms with Crippen molar-refractivity contribution in [2.45, 2.75) is 57.0 Å².